The summed E-state index contributed by atoms with van der Waals surface area (Å²) in [5.74, 6) is 0.663. The minimum absolute atomic E-state index is 0.147. The number of methoxy groups -OCH3 is 1. The van der Waals surface area contributed by atoms with E-state index in [-0.39, 0.29) is 23.3 Å². The molecule has 1 amide bonds. The van der Waals surface area contributed by atoms with Crippen LogP contribution in [-0.4, -0.2) is 42.1 Å². The lowest BCUT2D eigenvalue weighted by molar-refractivity contribution is -0.124. The number of hydrogen-bond acceptors (Lipinski definition) is 5. The van der Waals surface area contributed by atoms with Crippen LogP contribution >= 0.6 is 11.6 Å². The number of carbonyl (C=O) groups excluding carboxylic acids is 2. The molecule has 3 aliphatic rings. The Balaban J connectivity index is 1.25. The summed E-state index contributed by atoms with van der Waals surface area (Å²) < 4.78 is 4.76. The van der Waals surface area contributed by atoms with Gasteiger partial charge in [-0.2, -0.15) is 0 Å². The first-order chi connectivity index (χ1) is 15.0. The molecule has 0 unspecified atom stereocenters. The van der Waals surface area contributed by atoms with Crippen LogP contribution in [0.1, 0.15) is 54.4 Å². The van der Waals surface area contributed by atoms with Gasteiger partial charge < -0.3 is 15.0 Å². The highest BCUT2D eigenvalue weighted by Gasteiger charge is 2.52. The van der Waals surface area contributed by atoms with Crippen LogP contribution in [0.15, 0.2) is 42.6 Å². The molecule has 5 rings (SSSR count). The highest BCUT2D eigenvalue weighted by atomic mass is 35.5. The van der Waals surface area contributed by atoms with Crippen molar-refractivity contribution >= 4 is 29.3 Å². The fourth-order valence-corrected chi connectivity index (χ4v) is 5.44. The van der Waals surface area contributed by atoms with E-state index >= 15 is 0 Å². The molecule has 3 heterocycles. The number of nitrogens with one attached hydrogen (secondary N) is 1. The molecule has 3 fully saturated rings. The molecular formula is C24H26ClN3O3. The van der Waals surface area contributed by atoms with Crippen molar-refractivity contribution in [1.29, 1.82) is 0 Å². The third kappa shape index (κ3) is 3.67. The number of nitrogens with zero attached hydrogens (tertiary/aromatic N) is 2. The maximum absolute atomic E-state index is 13.2. The summed E-state index contributed by atoms with van der Waals surface area (Å²) in [5.41, 5.74) is 1.13. The molecule has 2 saturated heterocycles. The number of pyridine rings is 1. The van der Waals surface area contributed by atoms with Crippen LogP contribution in [0.5, 0.6) is 0 Å². The molecule has 2 bridgehead atoms. The lowest BCUT2D eigenvalue weighted by Gasteiger charge is -2.40. The van der Waals surface area contributed by atoms with Crippen LogP contribution in [0, 0.1) is 0 Å². The number of carbonyl (C=O) groups is 2. The molecule has 2 aliphatic heterocycles. The van der Waals surface area contributed by atoms with Gasteiger partial charge in [0.2, 0.25) is 5.91 Å². The first-order valence-corrected chi connectivity index (χ1v) is 11.3. The summed E-state index contributed by atoms with van der Waals surface area (Å²) in [4.78, 5) is 31.7. The predicted octanol–water partition coefficient (Wildman–Crippen LogP) is 3.87. The summed E-state index contributed by atoms with van der Waals surface area (Å²) in [6.07, 6.45) is 7.39. The quantitative estimate of drug-likeness (QED) is 0.716. The van der Waals surface area contributed by atoms with Gasteiger partial charge in [0, 0.05) is 29.3 Å². The average molecular weight is 440 g/mol. The van der Waals surface area contributed by atoms with Crippen LogP contribution in [0.3, 0.4) is 0 Å². The van der Waals surface area contributed by atoms with E-state index in [1.54, 1.807) is 12.3 Å². The largest absolute Gasteiger partial charge is 0.465 e. The highest BCUT2D eigenvalue weighted by molar-refractivity contribution is 6.30. The van der Waals surface area contributed by atoms with E-state index in [9.17, 15) is 9.59 Å². The van der Waals surface area contributed by atoms with Crippen molar-refractivity contribution in [2.24, 2.45) is 0 Å². The Kier molecular flexibility index (Phi) is 5.13. The maximum atomic E-state index is 13.2. The van der Waals surface area contributed by atoms with Crippen molar-refractivity contribution < 1.29 is 14.3 Å². The second-order valence-corrected chi connectivity index (χ2v) is 9.36. The van der Waals surface area contributed by atoms with Crippen molar-refractivity contribution in [2.75, 3.05) is 12.0 Å². The minimum atomic E-state index is -0.383. The van der Waals surface area contributed by atoms with Crippen molar-refractivity contribution in [3.8, 4) is 0 Å². The third-order valence-corrected chi connectivity index (χ3v) is 7.34. The zero-order valence-electron chi connectivity index (χ0n) is 17.5. The molecule has 0 radical (unpaired) electrons. The molecule has 1 aliphatic carbocycles. The number of fused-ring (bicyclic) bond motifs is 2. The molecule has 6 nitrogen and oxygen atoms in total. The normalized spacial score (nSPS) is 25.7. The van der Waals surface area contributed by atoms with Gasteiger partial charge in [0.25, 0.3) is 0 Å². The van der Waals surface area contributed by atoms with E-state index in [1.807, 2.05) is 30.3 Å². The van der Waals surface area contributed by atoms with E-state index in [0.717, 1.165) is 49.9 Å². The van der Waals surface area contributed by atoms with E-state index in [0.29, 0.717) is 22.7 Å². The number of esters is 1. The van der Waals surface area contributed by atoms with Gasteiger partial charge in [-0.05, 0) is 68.4 Å². The number of halogens is 1. The number of hydrogen-bond donors (Lipinski definition) is 1. The zero-order valence-corrected chi connectivity index (χ0v) is 18.3. The zero-order chi connectivity index (χ0) is 21.6. The van der Waals surface area contributed by atoms with Crippen LogP contribution in [-0.2, 0) is 14.9 Å². The molecule has 1 aromatic heterocycles. The molecule has 3 atom stereocenters. The van der Waals surface area contributed by atoms with E-state index < -0.39 is 0 Å². The van der Waals surface area contributed by atoms with Gasteiger partial charge in [-0.3, -0.25) is 4.79 Å². The van der Waals surface area contributed by atoms with Crippen LogP contribution < -0.4 is 10.2 Å². The van der Waals surface area contributed by atoms with E-state index in [2.05, 4.69) is 15.2 Å². The lowest BCUT2D eigenvalue weighted by atomic mass is 9.92. The highest BCUT2D eigenvalue weighted by Crippen LogP contribution is 2.49. The smallest absolute Gasteiger partial charge is 0.339 e. The number of piperidine rings is 1. The average Bonchev–Trinajstić information content (AvgIpc) is 3.55. The SMILES string of the molecule is COC(=O)c1ccc(N2[C@@H]3CC[C@H]2C[C@@H](NC(=O)C2(c4ccc(Cl)cc4)CC2)C3)nc1. The van der Waals surface area contributed by atoms with Crippen LogP contribution in [0.2, 0.25) is 5.02 Å². The van der Waals surface area contributed by atoms with E-state index in [4.69, 9.17) is 16.3 Å². The number of amides is 1. The molecule has 1 saturated carbocycles. The summed E-state index contributed by atoms with van der Waals surface area (Å²) in [6.45, 7) is 0. The van der Waals surface area contributed by atoms with Crippen molar-refractivity contribution in [3.63, 3.8) is 0 Å². The van der Waals surface area contributed by atoms with Crippen LogP contribution in [0.25, 0.3) is 0 Å². The van der Waals surface area contributed by atoms with Gasteiger partial charge in [-0.15, -0.1) is 0 Å². The fourth-order valence-electron chi connectivity index (χ4n) is 5.31. The first kappa shape index (κ1) is 20.3. The topological polar surface area (TPSA) is 71.5 Å². The number of anilines is 1. The lowest BCUT2D eigenvalue weighted by Crippen LogP contribution is -2.52. The first-order valence-electron chi connectivity index (χ1n) is 10.9. The third-order valence-electron chi connectivity index (χ3n) is 7.08. The van der Waals surface area contributed by atoms with Gasteiger partial charge in [0.15, 0.2) is 0 Å². The molecule has 31 heavy (non-hydrogen) atoms. The Bertz CT molecular complexity index is 974. The summed E-state index contributed by atoms with van der Waals surface area (Å²) in [7, 11) is 1.37. The number of ether oxygens (including phenoxy) is 1. The number of benzene rings is 1. The number of aromatic nitrogens is 1. The van der Waals surface area contributed by atoms with Gasteiger partial charge >= 0.3 is 5.97 Å². The number of rotatable bonds is 5. The van der Waals surface area contributed by atoms with Gasteiger partial charge in [-0.25, -0.2) is 9.78 Å². The Morgan fingerprint density at radius 2 is 1.77 bits per heavy atom. The monoisotopic (exact) mass is 439 g/mol. The molecule has 162 valence electrons. The standard InChI is InChI=1S/C24H26ClN3O3/c1-31-22(29)15-2-9-21(26-14-15)28-19-7-8-20(28)13-18(12-19)27-23(30)24(10-11-24)16-3-5-17(25)6-4-16/h2-6,9,14,18-20H,7-8,10-13H2,1H3,(H,27,30)/t18-,19+,20-. The molecule has 1 aromatic carbocycles. The molecule has 2 aromatic rings. The second kappa shape index (κ2) is 7.83. The minimum Gasteiger partial charge on any atom is -0.465 e. The Hall–Kier alpha value is -2.60. The van der Waals surface area contributed by atoms with Gasteiger partial charge in [0.05, 0.1) is 18.1 Å². The van der Waals surface area contributed by atoms with Crippen molar-refractivity contribution in [2.45, 2.75) is 62.1 Å². The van der Waals surface area contributed by atoms with E-state index in [1.165, 1.54) is 7.11 Å². The summed E-state index contributed by atoms with van der Waals surface area (Å²) >= 11 is 6.02. The molecular weight excluding hydrogens is 414 g/mol. The van der Waals surface area contributed by atoms with Gasteiger partial charge in [0.1, 0.15) is 5.82 Å². The van der Waals surface area contributed by atoms with Crippen LogP contribution in [0.4, 0.5) is 5.82 Å². The maximum Gasteiger partial charge on any atom is 0.339 e. The Labute approximate surface area is 186 Å². The predicted molar refractivity (Wildman–Crippen MR) is 118 cm³/mol. The Morgan fingerprint density at radius 3 is 2.32 bits per heavy atom. The Morgan fingerprint density at radius 1 is 1.10 bits per heavy atom. The van der Waals surface area contributed by atoms with Gasteiger partial charge in [-0.1, -0.05) is 23.7 Å². The fraction of sp³-hybridized carbons (Fsp3) is 0.458. The van der Waals surface area contributed by atoms with Crippen molar-refractivity contribution in [1.82, 2.24) is 10.3 Å². The van der Waals surface area contributed by atoms with Crippen molar-refractivity contribution in [3.05, 3.63) is 58.7 Å². The summed E-state index contributed by atoms with van der Waals surface area (Å²) in [5, 5.41) is 4.05. The second-order valence-electron chi connectivity index (χ2n) is 8.92. The summed E-state index contributed by atoms with van der Waals surface area (Å²) in [6, 6.07) is 12.2. The molecule has 1 N–H and O–H groups in total. The molecule has 7 heteroatoms. The molecule has 0 spiro atoms.